The van der Waals surface area contributed by atoms with E-state index in [1.807, 2.05) is 55.5 Å². The molecular weight excluding hydrogens is 398 g/mol. The minimum Gasteiger partial charge on any atom is -0.497 e. The Hall–Kier alpha value is -3.31. The van der Waals surface area contributed by atoms with E-state index >= 15 is 0 Å². The molecule has 0 aliphatic heterocycles. The van der Waals surface area contributed by atoms with Gasteiger partial charge in [-0.05, 0) is 55.0 Å². The number of amides is 1. The average molecular weight is 420 g/mol. The zero-order valence-corrected chi connectivity index (χ0v) is 17.6. The molecule has 152 valence electrons. The molecule has 0 radical (unpaired) electrons. The lowest BCUT2D eigenvalue weighted by molar-refractivity contribution is 0.0937. The maximum Gasteiger partial charge on any atom is 0.251 e. The fourth-order valence-electron chi connectivity index (χ4n) is 3.47. The number of ether oxygens (including phenoxy) is 1. The highest BCUT2D eigenvalue weighted by molar-refractivity contribution is 6.31. The van der Waals surface area contributed by atoms with Crippen LogP contribution in [0.5, 0.6) is 5.75 Å². The Bertz CT molecular complexity index is 1180. The fraction of sp³-hybridized carbons (Fsp3) is 0.167. The summed E-state index contributed by atoms with van der Waals surface area (Å²) >= 11 is 6.40. The molecule has 0 saturated heterocycles. The van der Waals surface area contributed by atoms with Crippen LogP contribution >= 0.6 is 11.6 Å². The fourth-order valence-corrected chi connectivity index (χ4v) is 3.67. The minimum absolute atomic E-state index is 0.165. The molecule has 1 unspecified atom stereocenters. The number of methoxy groups -OCH3 is 1. The summed E-state index contributed by atoms with van der Waals surface area (Å²) in [5.74, 6) is 1.32. The monoisotopic (exact) mass is 419 g/mol. The number of imidazole rings is 1. The third kappa shape index (κ3) is 4.02. The lowest BCUT2D eigenvalue weighted by Crippen LogP contribution is -2.28. The van der Waals surface area contributed by atoms with Crippen molar-refractivity contribution in [2.75, 3.05) is 7.11 Å². The summed E-state index contributed by atoms with van der Waals surface area (Å²) in [6.45, 7) is 2.50. The van der Waals surface area contributed by atoms with Gasteiger partial charge in [0.2, 0.25) is 0 Å². The lowest BCUT2D eigenvalue weighted by atomic mass is 10.2. The molecule has 0 aliphatic rings. The van der Waals surface area contributed by atoms with E-state index in [-0.39, 0.29) is 11.9 Å². The molecular formula is C24H22ClN3O2. The van der Waals surface area contributed by atoms with Gasteiger partial charge in [0.15, 0.2) is 0 Å². The van der Waals surface area contributed by atoms with Crippen LogP contribution in [-0.2, 0) is 6.54 Å². The smallest absolute Gasteiger partial charge is 0.251 e. The predicted molar refractivity (Wildman–Crippen MR) is 119 cm³/mol. The lowest BCUT2D eigenvalue weighted by Gasteiger charge is -2.17. The molecule has 1 N–H and O–H groups in total. The summed E-state index contributed by atoms with van der Waals surface area (Å²) in [5, 5.41) is 3.76. The van der Waals surface area contributed by atoms with Crippen molar-refractivity contribution in [3.8, 4) is 5.75 Å². The van der Waals surface area contributed by atoms with Gasteiger partial charge in [0, 0.05) is 10.6 Å². The molecule has 0 saturated carbocycles. The summed E-state index contributed by atoms with van der Waals surface area (Å²) in [5.41, 5.74) is 3.44. The van der Waals surface area contributed by atoms with E-state index in [9.17, 15) is 4.79 Å². The van der Waals surface area contributed by atoms with Gasteiger partial charge in [-0.15, -0.1) is 0 Å². The summed E-state index contributed by atoms with van der Waals surface area (Å²) in [6.07, 6.45) is 0. The van der Waals surface area contributed by atoms with E-state index in [0.717, 1.165) is 22.4 Å². The molecule has 4 aromatic rings. The Morgan fingerprint density at radius 2 is 1.77 bits per heavy atom. The molecule has 1 amide bonds. The minimum atomic E-state index is -0.297. The van der Waals surface area contributed by atoms with Crippen LogP contribution in [0.4, 0.5) is 0 Å². The first kappa shape index (κ1) is 20.0. The summed E-state index contributed by atoms with van der Waals surface area (Å²) < 4.78 is 7.27. The second kappa shape index (κ2) is 8.59. The van der Waals surface area contributed by atoms with Crippen LogP contribution in [0.25, 0.3) is 11.0 Å². The Morgan fingerprint density at radius 1 is 1.07 bits per heavy atom. The number of halogens is 1. The van der Waals surface area contributed by atoms with E-state index in [2.05, 4.69) is 9.88 Å². The number of aromatic nitrogens is 2. The number of carbonyl (C=O) groups excluding carboxylic acids is 1. The number of benzene rings is 3. The van der Waals surface area contributed by atoms with Crippen molar-refractivity contribution in [3.63, 3.8) is 0 Å². The predicted octanol–water partition coefficient (Wildman–Crippen LogP) is 5.24. The zero-order valence-electron chi connectivity index (χ0n) is 16.8. The van der Waals surface area contributed by atoms with Gasteiger partial charge in [0.25, 0.3) is 5.91 Å². The highest BCUT2D eigenvalue weighted by atomic mass is 35.5. The number of hydrogen-bond acceptors (Lipinski definition) is 3. The van der Waals surface area contributed by atoms with Crippen molar-refractivity contribution in [1.82, 2.24) is 14.9 Å². The molecule has 0 aliphatic carbocycles. The number of fused-ring (bicyclic) bond motifs is 1. The van der Waals surface area contributed by atoms with Crippen LogP contribution in [0.1, 0.15) is 34.7 Å². The molecule has 1 aromatic heterocycles. The van der Waals surface area contributed by atoms with Gasteiger partial charge < -0.3 is 14.6 Å². The van der Waals surface area contributed by atoms with Crippen molar-refractivity contribution < 1.29 is 9.53 Å². The molecule has 0 spiro atoms. The van der Waals surface area contributed by atoms with Crippen molar-refractivity contribution in [1.29, 1.82) is 0 Å². The Labute approximate surface area is 180 Å². The average Bonchev–Trinajstić information content (AvgIpc) is 3.14. The first-order chi connectivity index (χ1) is 14.6. The molecule has 5 nitrogen and oxygen atoms in total. The SMILES string of the molecule is COc1ccc(C(=O)NC(C)c2nc3ccccc3n2Cc2ccccc2Cl)cc1. The van der Waals surface area contributed by atoms with Crippen molar-refractivity contribution in [3.05, 3.63) is 94.8 Å². The van der Waals surface area contributed by atoms with E-state index in [4.69, 9.17) is 21.3 Å². The van der Waals surface area contributed by atoms with Crippen molar-refractivity contribution >= 4 is 28.5 Å². The van der Waals surface area contributed by atoms with Crippen LogP contribution in [0, 0.1) is 0 Å². The van der Waals surface area contributed by atoms with Crippen LogP contribution in [0.3, 0.4) is 0 Å². The molecule has 0 fully saturated rings. The van der Waals surface area contributed by atoms with Gasteiger partial charge in [-0.1, -0.05) is 41.9 Å². The van der Waals surface area contributed by atoms with Gasteiger partial charge in [-0.2, -0.15) is 0 Å². The van der Waals surface area contributed by atoms with Crippen molar-refractivity contribution in [2.45, 2.75) is 19.5 Å². The van der Waals surface area contributed by atoms with E-state index in [0.29, 0.717) is 22.9 Å². The van der Waals surface area contributed by atoms with Crippen LogP contribution in [0.15, 0.2) is 72.8 Å². The van der Waals surface area contributed by atoms with Gasteiger partial charge in [-0.3, -0.25) is 4.79 Å². The quantitative estimate of drug-likeness (QED) is 0.465. The molecule has 4 rings (SSSR count). The second-order valence-electron chi connectivity index (χ2n) is 7.06. The second-order valence-corrected chi connectivity index (χ2v) is 7.47. The molecule has 6 heteroatoms. The van der Waals surface area contributed by atoms with Crippen LogP contribution in [-0.4, -0.2) is 22.6 Å². The van der Waals surface area contributed by atoms with Gasteiger partial charge in [0.05, 0.1) is 30.7 Å². The third-order valence-corrected chi connectivity index (χ3v) is 5.43. The molecule has 0 bridgehead atoms. The van der Waals surface area contributed by atoms with Gasteiger partial charge >= 0.3 is 0 Å². The summed E-state index contributed by atoms with van der Waals surface area (Å²) in [7, 11) is 1.60. The van der Waals surface area contributed by atoms with Crippen molar-refractivity contribution in [2.24, 2.45) is 0 Å². The molecule has 30 heavy (non-hydrogen) atoms. The Kier molecular flexibility index (Phi) is 5.72. The van der Waals surface area contributed by atoms with Crippen LogP contribution in [0.2, 0.25) is 5.02 Å². The summed E-state index contributed by atoms with van der Waals surface area (Å²) in [6, 6.07) is 22.4. The number of para-hydroxylation sites is 2. The van der Waals surface area contributed by atoms with E-state index in [1.165, 1.54) is 0 Å². The normalized spacial score (nSPS) is 12.0. The number of rotatable bonds is 6. The number of nitrogens with zero attached hydrogens (tertiary/aromatic N) is 2. The largest absolute Gasteiger partial charge is 0.497 e. The Morgan fingerprint density at radius 3 is 2.50 bits per heavy atom. The molecule has 3 aromatic carbocycles. The highest BCUT2D eigenvalue weighted by Gasteiger charge is 2.20. The van der Waals surface area contributed by atoms with Crippen LogP contribution < -0.4 is 10.1 Å². The van der Waals surface area contributed by atoms with E-state index in [1.54, 1.807) is 31.4 Å². The first-order valence-electron chi connectivity index (χ1n) is 9.70. The Balaban J connectivity index is 1.65. The molecule has 1 heterocycles. The van der Waals surface area contributed by atoms with Gasteiger partial charge in [0.1, 0.15) is 11.6 Å². The summed E-state index contributed by atoms with van der Waals surface area (Å²) in [4.78, 5) is 17.6. The number of carbonyl (C=O) groups is 1. The zero-order chi connectivity index (χ0) is 21.1. The number of hydrogen-bond donors (Lipinski definition) is 1. The van der Waals surface area contributed by atoms with E-state index < -0.39 is 0 Å². The molecule has 1 atom stereocenters. The maximum atomic E-state index is 12.8. The standard InChI is InChI=1S/C24H22ClN3O2/c1-16(26-24(29)17-11-13-19(30-2)14-12-17)23-27-21-9-5-6-10-22(21)28(23)15-18-7-3-4-8-20(18)25/h3-14,16H,15H2,1-2H3,(H,26,29). The third-order valence-electron chi connectivity index (χ3n) is 5.06. The first-order valence-corrected chi connectivity index (χ1v) is 10.1. The number of nitrogens with one attached hydrogen (secondary N) is 1. The van der Waals surface area contributed by atoms with Gasteiger partial charge in [-0.25, -0.2) is 4.98 Å². The topological polar surface area (TPSA) is 56.1 Å². The highest BCUT2D eigenvalue weighted by Crippen LogP contribution is 2.25. The maximum absolute atomic E-state index is 12.8.